The first-order valence-corrected chi connectivity index (χ1v) is 11.2. The van der Waals surface area contributed by atoms with Crippen molar-refractivity contribution in [2.75, 3.05) is 10.0 Å². The Balaban J connectivity index is 1.93. The zero-order valence-corrected chi connectivity index (χ0v) is 18.8. The van der Waals surface area contributed by atoms with E-state index in [1.54, 1.807) is 12.1 Å². The molecule has 0 aliphatic rings. The molecule has 3 rings (SSSR count). The molecule has 0 atom stereocenters. The summed E-state index contributed by atoms with van der Waals surface area (Å²) in [5.74, 6) is -0.413. The maximum absolute atomic E-state index is 13.0. The van der Waals surface area contributed by atoms with Crippen LogP contribution in [0.4, 0.5) is 11.4 Å². The average molecular weight is 443 g/mol. The molecule has 30 heavy (non-hydrogen) atoms. The fourth-order valence-electron chi connectivity index (χ4n) is 2.98. The largest absolute Gasteiger partial charge is 0.322 e. The van der Waals surface area contributed by atoms with Gasteiger partial charge in [-0.25, -0.2) is 8.42 Å². The van der Waals surface area contributed by atoms with E-state index in [0.29, 0.717) is 11.4 Å². The van der Waals surface area contributed by atoms with Gasteiger partial charge in [0.1, 0.15) is 4.90 Å². The highest BCUT2D eigenvalue weighted by Gasteiger charge is 2.21. The first-order chi connectivity index (χ1) is 14.1. The van der Waals surface area contributed by atoms with E-state index in [1.807, 2.05) is 52.0 Å². The SMILES string of the molecule is Cc1ccc(C)c(NC(=O)c2ccc(Cl)c(S(=O)(=O)Nc3cccc(C)c3C)c2)c1. The third-order valence-corrected chi connectivity index (χ3v) is 6.82. The van der Waals surface area contributed by atoms with Crippen LogP contribution in [0.25, 0.3) is 0 Å². The van der Waals surface area contributed by atoms with Crippen LogP contribution in [0.3, 0.4) is 0 Å². The van der Waals surface area contributed by atoms with Crippen molar-refractivity contribution in [3.8, 4) is 0 Å². The van der Waals surface area contributed by atoms with Crippen LogP contribution in [0.1, 0.15) is 32.6 Å². The van der Waals surface area contributed by atoms with Gasteiger partial charge >= 0.3 is 0 Å². The van der Waals surface area contributed by atoms with Crippen molar-refractivity contribution < 1.29 is 13.2 Å². The van der Waals surface area contributed by atoms with E-state index >= 15 is 0 Å². The van der Waals surface area contributed by atoms with E-state index < -0.39 is 15.9 Å². The number of carbonyl (C=O) groups is 1. The number of benzene rings is 3. The van der Waals surface area contributed by atoms with E-state index in [0.717, 1.165) is 22.3 Å². The Kier molecular flexibility index (Phi) is 6.19. The van der Waals surface area contributed by atoms with Gasteiger partial charge in [-0.2, -0.15) is 0 Å². The molecule has 0 aromatic heterocycles. The number of carbonyl (C=O) groups excluding carboxylic acids is 1. The van der Waals surface area contributed by atoms with Crippen LogP contribution in [0.15, 0.2) is 59.5 Å². The molecule has 0 bridgehead atoms. The van der Waals surface area contributed by atoms with Crippen LogP contribution < -0.4 is 10.0 Å². The van der Waals surface area contributed by atoms with Gasteiger partial charge in [0.25, 0.3) is 15.9 Å². The van der Waals surface area contributed by atoms with Gasteiger partial charge in [-0.15, -0.1) is 0 Å². The van der Waals surface area contributed by atoms with Gasteiger partial charge < -0.3 is 5.32 Å². The van der Waals surface area contributed by atoms with Crippen molar-refractivity contribution in [3.05, 3.63) is 87.4 Å². The number of sulfonamides is 1. The van der Waals surface area contributed by atoms with E-state index in [4.69, 9.17) is 11.6 Å². The molecule has 1 amide bonds. The Morgan fingerprint density at radius 3 is 2.33 bits per heavy atom. The Morgan fingerprint density at radius 1 is 0.867 bits per heavy atom. The first-order valence-electron chi connectivity index (χ1n) is 9.35. The summed E-state index contributed by atoms with van der Waals surface area (Å²) in [5, 5.41) is 2.87. The quantitative estimate of drug-likeness (QED) is 0.537. The predicted octanol–water partition coefficient (Wildman–Crippen LogP) is 5.63. The minimum atomic E-state index is -3.99. The fraction of sp³-hybridized carbons (Fsp3) is 0.174. The number of halogens is 1. The van der Waals surface area contributed by atoms with E-state index in [1.165, 1.54) is 18.2 Å². The summed E-state index contributed by atoms with van der Waals surface area (Å²) >= 11 is 6.18. The maximum Gasteiger partial charge on any atom is 0.263 e. The number of aryl methyl sites for hydroxylation is 3. The normalized spacial score (nSPS) is 11.2. The fourth-order valence-corrected chi connectivity index (χ4v) is 4.63. The minimum absolute atomic E-state index is 0.0380. The molecule has 0 spiro atoms. The lowest BCUT2D eigenvalue weighted by atomic mass is 10.1. The number of anilines is 2. The third-order valence-electron chi connectivity index (χ3n) is 4.97. The molecule has 0 fully saturated rings. The molecule has 0 unspecified atom stereocenters. The van der Waals surface area contributed by atoms with Crippen LogP contribution in [0.2, 0.25) is 5.02 Å². The first kappa shape index (κ1) is 21.9. The number of amides is 1. The summed E-state index contributed by atoms with van der Waals surface area (Å²) in [5.41, 5.74) is 5.04. The minimum Gasteiger partial charge on any atom is -0.322 e. The van der Waals surface area contributed by atoms with Crippen molar-refractivity contribution in [2.24, 2.45) is 0 Å². The van der Waals surface area contributed by atoms with Crippen molar-refractivity contribution in [3.63, 3.8) is 0 Å². The molecule has 0 saturated carbocycles. The summed E-state index contributed by atoms with van der Waals surface area (Å²) in [6, 6.07) is 15.3. The van der Waals surface area contributed by atoms with Crippen molar-refractivity contribution in [1.82, 2.24) is 0 Å². The topological polar surface area (TPSA) is 75.3 Å². The lowest BCUT2D eigenvalue weighted by molar-refractivity contribution is 0.102. The highest BCUT2D eigenvalue weighted by Crippen LogP contribution is 2.28. The lowest BCUT2D eigenvalue weighted by Gasteiger charge is -2.14. The second kappa shape index (κ2) is 8.50. The Morgan fingerprint density at radius 2 is 1.60 bits per heavy atom. The van der Waals surface area contributed by atoms with E-state index in [9.17, 15) is 13.2 Å². The monoisotopic (exact) mass is 442 g/mol. The standard InChI is InChI=1S/C23H23ClN2O3S/c1-14-8-9-16(3)21(12-14)25-23(27)18-10-11-19(24)22(13-18)30(28,29)26-20-7-5-6-15(2)17(20)4/h5-13,26H,1-4H3,(H,25,27). The summed E-state index contributed by atoms with van der Waals surface area (Å²) in [6.07, 6.45) is 0. The van der Waals surface area contributed by atoms with Gasteiger partial charge in [0.15, 0.2) is 0 Å². The van der Waals surface area contributed by atoms with Crippen LogP contribution in [-0.2, 0) is 10.0 Å². The van der Waals surface area contributed by atoms with Gasteiger partial charge in [-0.1, -0.05) is 35.9 Å². The van der Waals surface area contributed by atoms with Crippen molar-refractivity contribution in [2.45, 2.75) is 32.6 Å². The molecule has 0 aliphatic carbocycles. The number of hydrogen-bond acceptors (Lipinski definition) is 3. The van der Waals surface area contributed by atoms with Crippen LogP contribution in [-0.4, -0.2) is 14.3 Å². The van der Waals surface area contributed by atoms with Gasteiger partial charge in [-0.05, 0) is 80.3 Å². The zero-order chi connectivity index (χ0) is 22.1. The highest BCUT2D eigenvalue weighted by molar-refractivity contribution is 7.92. The number of rotatable bonds is 5. The summed E-state index contributed by atoms with van der Waals surface area (Å²) in [6.45, 7) is 7.56. The molecule has 2 N–H and O–H groups in total. The van der Waals surface area contributed by atoms with Crippen molar-refractivity contribution in [1.29, 1.82) is 0 Å². The smallest absolute Gasteiger partial charge is 0.263 e. The molecule has 156 valence electrons. The second-order valence-electron chi connectivity index (χ2n) is 7.27. The predicted molar refractivity (Wildman–Crippen MR) is 122 cm³/mol. The third kappa shape index (κ3) is 4.66. The molecule has 3 aromatic rings. The Bertz CT molecular complexity index is 1240. The van der Waals surface area contributed by atoms with Crippen molar-refractivity contribution >= 4 is 38.9 Å². The van der Waals surface area contributed by atoms with Crippen LogP contribution in [0, 0.1) is 27.7 Å². The molecule has 0 aliphatic heterocycles. The summed E-state index contributed by atoms with van der Waals surface area (Å²) in [7, 11) is -3.99. The Labute approximate surface area is 182 Å². The van der Waals surface area contributed by atoms with Gasteiger partial charge in [0, 0.05) is 11.3 Å². The molecule has 0 heterocycles. The lowest BCUT2D eigenvalue weighted by Crippen LogP contribution is -2.17. The molecule has 5 nitrogen and oxygen atoms in total. The summed E-state index contributed by atoms with van der Waals surface area (Å²) in [4.78, 5) is 12.6. The molecule has 0 radical (unpaired) electrons. The molecular formula is C23H23ClN2O3S. The maximum atomic E-state index is 13.0. The second-order valence-corrected chi connectivity index (χ2v) is 9.33. The molecule has 3 aromatic carbocycles. The van der Waals surface area contributed by atoms with Crippen LogP contribution >= 0.6 is 11.6 Å². The van der Waals surface area contributed by atoms with Gasteiger partial charge in [0.2, 0.25) is 0 Å². The van der Waals surface area contributed by atoms with E-state index in [-0.39, 0.29) is 15.5 Å². The van der Waals surface area contributed by atoms with Gasteiger partial charge in [0.05, 0.1) is 10.7 Å². The Hall–Kier alpha value is -2.83. The van der Waals surface area contributed by atoms with Crippen LogP contribution in [0.5, 0.6) is 0 Å². The molecule has 0 saturated heterocycles. The van der Waals surface area contributed by atoms with E-state index in [2.05, 4.69) is 10.0 Å². The van der Waals surface area contributed by atoms with Gasteiger partial charge in [-0.3, -0.25) is 9.52 Å². The summed E-state index contributed by atoms with van der Waals surface area (Å²) < 4.78 is 28.6. The highest BCUT2D eigenvalue weighted by atomic mass is 35.5. The average Bonchev–Trinajstić information content (AvgIpc) is 2.68. The number of nitrogens with one attached hydrogen (secondary N) is 2. The zero-order valence-electron chi connectivity index (χ0n) is 17.2. The number of hydrogen-bond donors (Lipinski definition) is 2. The molecular weight excluding hydrogens is 420 g/mol. The molecule has 7 heteroatoms.